The van der Waals surface area contributed by atoms with Crippen LogP contribution in [-0.4, -0.2) is 66.5 Å². The molecule has 2 spiro atoms. The van der Waals surface area contributed by atoms with Gasteiger partial charge in [0.2, 0.25) is 5.78 Å². The smallest absolute Gasteiger partial charge is 0.416 e. The number of hydrogen-bond acceptors (Lipinski definition) is 8. The molecule has 3 fully saturated rings. The molecule has 14 heteroatoms. The lowest BCUT2D eigenvalue weighted by Crippen LogP contribution is -2.67. The second-order valence-electron chi connectivity index (χ2n) is 19.2. The van der Waals surface area contributed by atoms with Gasteiger partial charge < -0.3 is 39.1 Å². The number of aliphatic hydroxyl groups is 2. The third kappa shape index (κ3) is 7.06. The van der Waals surface area contributed by atoms with Crippen molar-refractivity contribution in [2.75, 3.05) is 33.2 Å². The van der Waals surface area contributed by atoms with E-state index >= 15 is 4.79 Å². The number of halogens is 4. The number of nitrogens with one attached hydrogen (secondary N) is 1. The fourth-order valence-electron chi connectivity index (χ4n) is 12.8. The molecule has 3 N–H and O–H groups in total. The Kier molecular flexibility index (Phi) is 11.0. The fraction of sp³-hybridized carbons (Fsp3) is 0.451. The van der Waals surface area contributed by atoms with Crippen molar-refractivity contribution in [2.24, 2.45) is 33.5 Å². The van der Waals surface area contributed by atoms with Crippen LogP contribution in [0.3, 0.4) is 0 Å². The number of ether oxygens (including phenoxy) is 3. The van der Waals surface area contributed by atoms with Crippen molar-refractivity contribution < 1.29 is 51.6 Å². The molecule has 0 aliphatic heterocycles. The van der Waals surface area contributed by atoms with Crippen LogP contribution in [0.2, 0.25) is 5.02 Å². The Balaban J connectivity index is 1.10. The minimum absolute atomic E-state index is 0.0103. The first-order valence-electron chi connectivity index (χ1n) is 22.1. The average Bonchev–Trinajstić information content (AvgIpc) is 3.88. The van der Waals surface area contributed by atoms with Crippen molar-refractivity contribution in [3.63, 3.8) is 0 Å². The Morgan fingerprint density at radius 3 is 2.26 bits per heavy atom. The van der Waals surface area contributed by atoms with Gasteiger partial charge in [-0.25, -0.2) is 4.79 Å². The van der Waals surface area contributed by atoms with Crippen LogP contribution in [0.5, 0.6) is 17.2 Å². The van der Waals surface area contributed by atoms with Gasteiger partial charge in [0.05, 0.1) is 56.7 Å². The minimum atomic E-state index is -4.62. The molecule has 8 unspecified atom stereocenters. The zero-order chi connectivity index (χ0) is 46.3. The van der Waals surface area contributed by atoms with Crippen LogP contribution in [-0.2, 0) is 12.7 Å². The van der Waals surface area contributed by atoms with Crippen molar-refractivity contribution in [2.45, 2.75) is 83.2 Å². The van der Waals surface area contributed by atoms with E-state index in [9.17, 15) is 28.2 Å². The van der Waals surface area contributed by atoms with Gasteiger partial charge in [0, 0.05) is 44.7 Å². The highest BCUT2D eigenvalue weighted by Gasteiger charge is 2.74. The van der Waals surface area contributed by atoms with Gasteiger partial charge in [0.15, 0.2) is 5.76 Å². The molecule has 0 saturated heterocycles. The Bertz CT molecular complexity index is 2590. The predicted molar refractivity (Wildman–Crippen MR) is 239 cm³/mol. The molecule has 10 nitrogen and oxygen atoms in total. The van der Waals surface area contributed by atoms with Crippen molar-refractivity contribution >= 4 is 29.1 Å². The summed E-state index contributed by atoms with van der Waals surface area (Å²) in [6, 6.07) is 17.9. The number of carbonyl (C=O) groups excluding carboxylic acids is 2. The summed E-state index contributed by atoms with van der Waals surface area (Å²) in [5, 5.41) is 27.6. The number of fused-ring (bicyclic) bond motifs is 1. The highest BCUT2D eigenvalue weighted by atomic mass is 35.5. The third-order valence-electron chi connectivity index (χ3n) is 16.3. The zero-order valence-corrected chi connectivity index (χ0v) is 37.8. The number of allylic oxidation sites excluding steroid dienone is 4. The van der Waals surface area contributed by atoms with E-state index in [0.29, 0.717) is 72.6 Å². The number of anilines is 1. The molecule has 8 atom stereocenters. The van der Waals surface area contributed by atoms with Gasteiger partial charge in [-0.1, -0.05) is 43.7 Å². The number of amides is 2. The van der Waals surface area contributed by atoms with Crippen LogP contribution in [0.25, 0.3) is 11.3 Å². The maximum Gasteiger partial charge on any atom is 0.416 e. The number of nitrogens with zero attached hydrogens (tertiary/aromatic N) is 1. The zero-order valence-electron chi connectivity index (χ0n) is 37.1. The van der Waals surface area contributed by atoms with Crippen LogP contribution >= 0.6 is 11.6 Å². The van der Waals surface area contributed by atoms with Gasteiger partial charge in [-0.15, -0.1) is 0 Å². The summed E-state index contributed by atoms with van der Waals surface area (Å²) >= 11 is 6.42. The second kappa shape index (κ2) is 16.0. The third-order valence-corrected chi connectivity index (χ3v) is 16.6. The van der Waals surface area contributed by atoms with Gasteiger partial charge in [-0.2, -0.15) is 13.2 Å². The van der Waals surface area contributed by atoms with E-state index in [1.165, 1.54) is 12.1 Å². The quantitative estimate of drug-likeness (QED) is 0.100. The molecule has 1 heterocycles. The number of benzene rings is 3. The molecule has 2 bridgehead atoms. The minimum Gasteiger partial charge on any atom is -0.497 e. The molecular formula is C51H54ClF3N2O8. The molecule has 3 aromatic carbocycles. The second-order valence-corrected chi connectivity index (χ2v) is 19.6. The summed E-state index contributed by atoms with van der Waals surface area (Å²) in [5.74, 6) is 0.984. The van der Waals surface area contributed by atoms with E-state index in [1.807, 2.05) is 12.1 Å². The Morgan fingerprint density at radius 1 is 0.862 bits per heavy atom. The van der Waals surface area contributed by atoms with Crippen molar-refractivity contribution in [1.29, 1.82) is 0 Å². The van der Waals surface area contributed by atoms with E-state index in [0.717, 1.165) is 24.6 Å². The molecule has 4 aromatic rings. The number of carbonyl (C=O) groups is 2. The highest BCUT2D eigenvalue weighted by Crippen LogP contribution is 2.78. The summed E-state index contributed by atoms with van der Waals surface area (Å²) in [4.78, 5) is 31.4. The summed E-state index contributed by atoms with van der Waals surface area (Å²) in [6.07, 6.45) is 5.14. The standard InChI is InChI=1S/C51H54ClF3N2O8/c1-46-19-16-33(58)26-48(46)22-23-50(37(27-48)44(59)40-15-14-39(65-40)36-24-31(51(53,54)55)7-13-38(36)52)42(46)17-20-47(2)43(50)18-21-49(47,61)29-57(28-30-6-10-35(63-4)25-41(30)64-5)45(60)56-32-8-11-34(62-3)12-9-32/h6-15,22-25,27,33,42-43,58,61H,16-21,26,28-29H2,1-5H3,(H,56,60). The lowest BCUT2D eigenvalue weighted by Gasteiger charge is -2.71. The first kappa shape index (κ1) is 44.9. The first-order chi connectivity index (χ1) is 30.8. The Hall–Kier alpha value is -5.24. The van der Waals surface area contributed by atoms with Crippen molar-refractivity contribution in [1.82, 2.24) is 4.90 Å². The van der Waals surface area contributed by atoms with E-state index in [-0.39, 0.29) is 52.4 Å². The van der Waals surface area contributed by atoms with Gasteiger partial charge in [0.1, 0.15) is 23.0 Å². The van der Waals surface area contributed by atoms with Gasteiger partial charge in [-0.3, -0.25) is 4.79 Å². The molecular weight excluding hydrogens is 861 g/mol. The fourth-order valence-corrected chi connectivity index (χ4v) is 13.0. The summed E-state index contributed by atoms with van der Waals surface area (Å²) in [6.45, 7) is 4.41. The van der Waals surface area contributed by atoms with Gasteiger partial charge >= 0.3 is 12.2 Å². The molecule has 6 aliphatic carbocycles. The van der Waals surface area contributed by atoms with E-state index < -0.39 is 51.5 Å². The summed E-state index contributed by atoms with van der Waals surface area (Å²) in [7, 11) is 4.68. The Morgan fingerprint density at radius 2 is 1.55 bits per heavy atom. The Labute approximate surface area is 381 Å². The van der Waals surface area contributed by atoms with E-state index in [2.05, 4.69) is 31.3 Å². The average molecular weight is 915 g/mol. The van der Waals surface area contributed by atoms with Gasteiger partial charge in [-0.05, 0) is 129 Å². The molecule has 65 heavy (non-hydrogen) atoms. The summed E-state index contributed by atoms with van der Waals surface area (Å²) < 4.78 is 64.0. The number of aliphatic hydroxyl groups excluding tert-OH is 1. The topological polar surface area (TPSA) is 131 Å². The maximum atomic E-state index is 15.3. The normalized spacial score (nSPS) is 31.0. The number of urea groups is 1. The van der Waals surface area contributed by atoms with E-state index in [1.54, 1.807) is 62.6 Å². The van der Waals surface area contributed by atoms with Gasteiger partial charge in [0.25, 0.3) is 0 Å². The lowest BCUT2D eigenvalue weighted by molar-refractivity contribution is -0.174. The number of rotatable bonds is 11. The number of ketones is 1. The number of alkyl halides is 3. The van der Waals surface area contributed by atoms with Crippen molar-refractivity contribution in [3.8, 4) is 28.6 Å². The number of furan rings is 1. The summed E-state index contributed by atoms with van der Waals surface area (Å²) in [5.41, 5.74) is -3.25. The van der Waals surface area contributed by atoms with Crippen LogP contribution in [0, 0.1) is 33.5 Å². The highest BCUT2D eigenvalue weighted by molar-refractivity contribution is 6.33. The molecule has 6 aliphatic rings. The molecule has 0 radical (unpaired) electrons. The largest absolute Gasteiger partial charge is 0.497 e. The van der Waals surface area contributed by atoms with Crippen LogP contribution in [0.4, 0.5) is 23.7 Å². The molecule has 2 amide bonds. The maximum absolute atomic E-state index is 15.3. The number of methoxy groups -OCH3 is 3. The van der Waals surface area contributed by atoms with E-state index in [4.69, 9.17) is 30.2 Å². The molecule has 344 valence electrons. The van der Waals surface area contributed by atoms with Crippen LogP contribution in [0.1, 0.15) is 80.5 Å². The first-order valence-corrected chi connectivity index (χ1v) is 22.5. The molecule has 1 aromatic heterocycles. The molecule has 3 saturated carbocycles. The van der Waals surface area contributed by atoms with Crippen LogP contribution in [0.15, 0.2) is 101 Å². The monoisotopic (exact) mass is 914 g/mol. The number of Topliss-reactive ketones (excluding diaryl/α,β-unsaturated/α-hetero) is 1. The SMILES string of the molecule is COc1ccc(NC(=O)N(Cc2ccc(OC)cc2OC)CC2(O)CCC3C45C=CC6(C=C4C(=O)c4ccc(-c7cc(C(F)(F)F)ccc7Cl)o4)CC(O)CCC6(C)C5CCC32C)cc1. The number of hydrogen-bond donors (Lipinski definition) is 3. The lowest BCUT2D eigenvalue weighted by atomic mass is 9.32. The molecule has 10 rings (SSSR count). The van der Waals surface area contributed by atoms with Crippen molar-refractivity contribution in [3.05, 3.63) is 119 Å². The predicted octanol–water partition coefficient (Wildman–Crippen LogP) is 11.2. The van der Waals surface area contributed by atoms with Crippen LogP contribution < -0.4 is 19.5 Å².